The number of carbonyl (C=O) groups is 2. The van der Waals surface area contributed by atoms with Crippen LogP contribution in [0.15, 0.2) is 29.2 Å². The maximum absolute atomic E-state index is 13.2. The molecular formula is C22H31N3O7S2. The first-order valence-corrected chi connectivity index (χ1v) is 13.0. The number of hydrogen-bond donors (Lipinski definition) is 3. The van der Waals surface area contributed by atoms with Gasteiger partial charge in [-0.05, 0) is 58.9 Å². The van der Waals surface area contributed by atoms with Crippen molar-refractivity contribution in [2.45, 2.75) is 55.9 Å². The summed E-state index contributed by atoms with van der Waals surface area (Å²) in [6.45, 7) is 9.10. The summed E-state index contributed by atoms with van der Waals surface area (Å²) in [5.74, 6) is 5.62. The predicted molar refractivity (Wildman–Crippen MR) is 128 cm³/mol. The lowest BCUT2D eigenvalue weighted by Gasteiger charge is -2.43. The van der Waals surface area contributed by atoms with Crippen molar-refractivity contribution in [3.8, 4) is 17.6 Å². The van der Waals surface area contributed by atoms with Crippen LogP contribution in [0.5, 0.6) is 5.75 Å². The van der Waals surface area contributed by atoms with Gasteiger partial charge in [-0.2, -0.15) is 16.1 Å². The van der Waals surface area contributed by atoms with Crippen molar-refractivity contribution >= 4 is 33.8 Å². The van der Waals surface area contributed by atoms with Crippen molar-refractivity contribution < 1.29 is 32.7 Å². The van der Waals surface area contributed by atoms with Crippen molar-refractivity contribution in [2.75, 3.05) is 25.4 Å². The predicted octanol–water partition coefficient (Wildman–Crippen LogP) is 1.98. The molecule has 0 aromatic heterocycles. The molecule has 0 bridgehead atoms. The first-order chi connectivity index (χ1) is 15.8. The van der Waals surface area contributed by atoms with E-state index in [9.17, 15) is 18.0 Å². The Morgan fingerprint density at radius 1 is 1.24 bits per heavy atom. The van der Waals surface area contributed by atoms with Gasteiger partial charge in [0.05, 0.1) is 11.4 Å². The van der Waals surface area contributed by atoms with E-state index in [1.54, 1.807) is 40.1 Å². The minimum Gasteiger partial charge on any atom is -0.481 e. The number of amides is 2. The van der Waals surface area contributed by atoms with Gasteiger partial charge >= 0.3 is 6.09 Å². The first kappa shape index (κ1) is 27.8. The maximum Gasteiger partial charge on any atom is 0.408 e. The molecule has 1 atom stereocenters. The van der Waals surface area contributed by atoms with Crippen LogP contribution in [0.4, 0.5) is 4.79 Å². The van der Waals surface area contributed by atoms with E-state index in [1.807, 2.05) is 0 Å². The summed E-state index contributed by atoms with van der Waals surface area (Å²) in [5.41, 5.74) is 0.997. The van der Waals surface area contributed by atoms with Crippen molar-refractivity contribution in [1.82, 2.24) is 15.1 Å². The van der Waals surface area contributed by atoms with Crippen LogP contribution in [-0.4, -0.2) is 71.8 Å². The van der Waals surface area contributed by atoms with Crippen LogP contribution >= 0.6 is 11.8 Å². The molecule has 1 aliphatic heterocycles. The molecule has 0 saturated carbocycles. The molecule has 1 aromatic carbocycles. The van der Waals surface area contributed by atoms with E-state index in [-0.39, 0.29) is 24.6 Å². The zero-order valence-electron chi connectivity index (χ0n) is 19.9. The van der Waals surface area contributed by atoms with Gasteiger partial charge in [-0.3, -0.25) is 10.0 Å². The third kappa shape index (κ3) is 7.53. The number of ether oxygens (including phenoxy) is 2. The molecular weight excluding hydrogens is 482 g/mol. The molecule has 1 saturated heterocycles. The Bertz CT molecular complexity index is 1040. The van der Waals surface area contributed by atoms with Gasteiger partial charge in [-0.25, -0.2) is 18.7 Å². The van der Waals surface area contributed by atoms with Crippen LogP contribution in [0.25, 0.3) is 0 Å². The Morgan fingerprint density at radius 3 is 2.47 bits per heavy atom. The molecule has 188 valence electrons. The van der Waals surface area contributed by atoms with E-state index in [4.69, 9.17) is 14.7 Å². The lowest BCUT2D eigenvalue weighted by Crippen LogP contribution is -2.61. The Morgan fingerprint density at radius 2 is 1.88 bits per heavy atom. The topological polar surface area (TPSA) is 134 Å². The molecule has 2 amide bonds. The number of hydrogen-bond acceptors (Lipinski definition) is 8. The highest BCUT2D eigenvalue weighted by Crippen LogP contribution is 2.38. The summed E-state index contributed by atoms with van der Waals surface area (Å²) in [6.07, 6.45) is -0.561. The fourth-order valence-corrected chi connectivity index (χ4v) is 6.33. The largest absolute Gasteiger partial charge is 0.481 e. The average molecular weight is 514 g/mol. The van der Waals surface area contributed by atoms with Gasteiger partial charge in [0.25, 0.3) is 5.91 Å². The number of nitrogens with zero attached hydrogens (tertiary/aromatic N) is 1. The Labute approximate surface area is 204 Å². The van der Waals surface area contributed by atoms with Crippen LogP contribution in [-0.2, 0) is 19.6 Å². The lowest BCUT2D eigenvalue weighted by molar-refractivity contribution is -0.134. The van der Waals surface area contributed by atoms with E-state index in [0.29, 0.717) is 11.5 Å². The Balaban J connectivity index is 1.98. The monoisotopic (exact) mass is 513 g/mol. The van der Waals surface area contributed by atoms with Gasteiger partial charge in [0.2, 0.25) is 10.0 Å². The highest BCUT2D eigenvalue weighted by molar-refractivity contribution is 8.00. The lowest BCUT2D eigenvalue weighted by atomic mass is 10.0. The first-order valence-electron chi connectivity index (χ1n) is 10.5. The molecule has 10 nitrogen and oxygen atoms in total. The summed E-state index contributed by atoms with van der Waals surface area (Å²) in [6, 6.07) is 4.72. The normalized spacial score (nSPS) is 18.2. The molecule has 0 aliphatic carbocycles. The van der Waals surface area contributed by atoms with E-state index < -0.39 is 38.4 Å². The summed E-state index contributed by atoms with van der Waals surface area (Å²) >= 11 is 1.47. The number of hydroxylamine groups is 1. The van der Waals surface area contributed by atoms with Gasteiger partial charge in [0, 0.05) is 17.0 Å². The molecule has 12 heteroatoms. The second-order valence-corrected chi connectivity index (χ2v) is 12.6. The second-order valence-electron chi connectivity index (χ2n) is 8.92. The number of sulfonamides is 1. The van der Waals surface area contributed by atoms with Gasteiger partial charge in [0.1, 0.15) is 24.0 Å². The number of benzene rings is 1. The highest BCUT2D eigenvalue weighted by atomic mass is 32.2. The molecule has 1 aliphatic rings. The van der Waals surface area contributed by atoms with E-state index in [0.717, 1.165) is 4.31 Å². The van der Waals surface area contributed by atoms with Crippen LogP contribution < -0.4 is 15.5 Å². The van der Waals surface area contributed by atoms with Gasteiger partial charge in [0.15, 0.2) is 0 Å². The Kier molecular flexibility index (Phi) is 9.24. The molecule has 1 heterocycles. The minimum absolute atomic E-state index is 0.00550. The van der Waals surface area contributed by atoms with Crippen LogP contribution in [0.1, 0.15) is 34.6 Å². The zero-order chi connectivity index (χ0) is 25.6. The minimum atomic E-state index is -4.00. The number of carbonyl (C=O) groups excluding carboxylic acids is 2. The van der Waals surface area contributed by atoms with Crippen molar-refractivity contribution in [2.24, 2.45) is 0 Å². The molecule has 1 fully saturated rings. The van der Waals surface area contributed by atoms with Gasteiger partial charge in [-0.15, -0.1) is 0 Å². The smallest absolute Gasteiger partial charge is 0.408 e. The number of thioether (sulfide) groups is 1. The van der Waals surface area contributed by atoms with Crippen molar-refractivity contribution in [1.29, 1.82) is 0 Å². The summed E-state index contributed by atoms with van der Waals surface area (Å²) in [7, 11) is -4.00. The summed E-state index contributed by atoms with van der Waals surface area (Å²) in [5, 5.41) is 11.6. The molecule has 0 radical (unpaired) electrons. The average Bonchev–Trinajstić information content (AvgIpc) is 2.74. The van der Waals surface area contributed by atoms with Crippen LogP contribution in [0, 0.1) is 11.8 Å². The SMILES string of the molecule is CC(C)(C)OC(=O)NCC#CCOc1ccc(S(=O)(=O)N2CCSC(C)(C)[C@@H]2C(=O)NO)cc1. The standard InChI is InChI=1S/C22H31N3O7S2/c1-21(2,3)32-20(27)23-12-6-7-14-31-16-8-10-17(11-9-16)34(29,30)25-13-15-33-22(4,5)18(25)19(26)24-28/h8-11,18,28H,12-15H2,1-5H3,(H,23,27)(H,24,26)/t18-/m0/s1. The quantitative estimate of drug-likeness (QED) is 0.299. The van der Waals surface area contributed by atoms with Crippen LogP contribution in [0.2, 0.25) is 0 Å². The highest BCUT2D eigenvalue weighted by Gasteiger charge is 2.48. The summed E-state index contributed by atoms with van der Waals surface area (Å²) in [4.78, 5) is 23.8. The number of rotatable bonds is 6. The van der Waals surface area contributed by atoms with E-state index >= 15 is 0 Å². The van der Waals surface area contributed by atoms with Gasteiger partial charge in [-0.1, -0.05) is 11.8 Å². The molecule has 0 unspecified atom stereocenters. The van der Waals surface area contributed by atoms with Gasteiger partial charge < -0.3 is 14.8 Å². The fraction of sp³-hybridized carbons (Fsp3) is 0.545. The van der Waals surface area contributed by atoms with Crippen LogP contribution in [0.3, 0.4) is 0 Å². The second kappa shape index (κ2) is 11.3. The van der Waals surface area contributed by atoms with Crippen molar-refractivity contribution in [3.63, 3.8) is 0 Å². The summed E-state index contributed by atoms with van der Waals surface area (Å²) < 4.78 is 37.5. The third-order valence-corrected chi connectivity index (χ3v) is 7.91. The fourth-order valence-electron chi connectivity index (χ4n) is 3.23. The number of nitrogens with one attached hydrogen (secondary N) is 2. The molecule has 34 heavy (non-hydrogen) atoms. The number of alkyl carbamates (subject to hydrolysis) is 1. The molecule has 3 N–H and O–H groups in total. The zero-order valence-corrected chi connectivity index (χ0v) is 21.5. The van der Waals surface area contributed by atoms with Crippen molar-refractivity contribution in [3.05, 3.63) is 24.3 Å². The molecule has 1 aromatic rings. The van der Waals surface area contributed by atoms with E-state index in [2.05, 4.69) is 17.2 Å². The molecule has 2 rings (SSSR count). The third-order valence-electron chi connectivity index (χ3n) is 4.68. The Hall–Kier alpha value is -2.46. The van der Waals surface area contributed by atoms with E-state index in [1.165, 1.54) is 36.0 Å². The molecule has 0 spiro atoms. The maximum atomic E-state index is 13.2.